The molecule has 1 aromatic heterocycles. The summed E-state index contributed by atoms with van der Waals surface area (Å²) in [6.45, 7) is 4.52. The molecule has 1 heterocycles. The maximum Gasteiger partial charge on any atom is 0.155 e. The molecular weight excluding hydrogens is 246 g/mol. The summed E-state index contributed by atoms with van der Waals surface area (Å²) in [5.74, 6) is 0.863. The number of ether oxygens (including phenoxy) is 1. The lowest BCUT2D eigenvalue weighted by molar-refractivity contribution is 0.304. The highest BCUT2D eigenvalue weighted by Gasteiger charge is 2.04. The monoisotopic (exact) mass is 263 g/mol. The van der Waals surface area contributed by atoms with Crippen LogP contribution in [0.1, 0.15) is 16.9 Å². The molecule has 96 valence electrons. The van der Waals surface area contributed by atoms with Crippen molar-refractivity contribution in [3.63, 3.8) is 0 Å². The van der Waals surface area contributed by atoms with Gasteiger partial charge >= 0.3 is 0 Å². The van der Waals surface area contributed by atoms with Crippen LogP contribution >= 0.6 is 11.3 Å². The van der Waals surface area contributed by atoms with E-state index in [0.717, 1.165) is 35.3 Å². The number of likely N-dealkylation sites (N-methyl/N-ethyl adjacent to an activating group) is 1. The van der Waals surface area contributed by atoms with E-state index in [1.54, 1.807) is 11.3 Å². The number of hydrogen-bond donors (Lipinski definition) is 1. The molecule has 5 heteroatoms. The molecule has 18 heavy (non-hydrogen) atoms. The van der Waals surface area contributed by atoms with Gasteiger partial charge in [0, 0.05) is 13.0 Å². The first-order valence-electron chi connectivity index (χ1n) is 6.08. The minimum absolute atomic E-state index is 0.489. The van der Waals surface area contributed by atoms with Crippen LogP contribution in [-0.4, -0.2) is 23.3 Å². The lowest BCUT2D eigenvalue weighted by atomic mass is 10.3. The molecule has 1 aromatic carbocycles. The van der Waals surface area contributed by atoms with E-state index in [-0.39, 0.29) is 0 Å². The van der Waals surface area contributed by atoms with Gasteiger partial charge in [-0.1, -0.05) is 36.5 Å². The van der Waals surface area contributed by atoms with Crippen LogP contribution in [0.2, 0.25) is 0 Å². The molecule has 4 nitrogen and oxygen atoms in total. The van der Waals surface area contributed by atoms with Crippen molar-refractivity contribution in [3.8, 4) is 5.75 Å². The third kappa shape index (κ3) is 4.09. The first-order valence-corrected chi connectivity index (χ1v) is 6.90. The van der Waals surface area contributed by atoms with E-state index < -0.39 is 0 Å². The predicted molar refractivity (Wildman–Crippen MR) is 72.9 cm³/mol. The van der Waals surface area contributed by atoms with Crippen LogP contribution < -0.4 is 10.1 Å². The van der Waals surface area contributed by atoms with Gasteiger partial charge in [-0.3, -0.25) is 0 Å². The summed E-state index contributed by atoms with van der Waals surface area (Å²) in [7, 11) is 0. The number of nitrogens with zero attached hydrogens (tertiary/aromatic N) is 2. The number of rotatable bonds is 7. The van der Waals surface area contributed by atoms with E-state index in [0.29, 0.717) is 6.61 Å². The topological polar surface area (TPSA) is 47.0 Å². The second-order valence-corrected chi connectivity index (χ2v) is 4.94. The van der Waals surface area contributed by atoms with Crippen molar-refractivity contribution in [1.29, 1.82) is 0 Å². The molecule has 0 amide bonds. The van der Waals surface area contributed by atoms with Crippen molar-refractivity contribution < 1.29 is 4.74 Å². The molecule has 1 N–H and O–H groups in total. The van der Waals surface area contributed by atoms with Crippen molar-refractivity contribution in [3.05, 3.63) is 40.3 Å². The van der Waals surface area contributed by atoms with Gasteiger partial charge in [0.25, 0.3) is 0 Å². The third-order valence-electron chi connectivity index (χ3n) is 2.38. The molecule has 0 saturated heterocycles. The molecule has 0 aliphatic carbocycles. The smallest absolute Gasteiger partial charge is 0.155 e. The summed E-state index contributed by atoms with van der Waals surface area (Å²) in [4.78, 5) is 0. The van der Waals surface area contributed by atoms with Crippen LogP contribution in [0.15, 0.2) is 30.3 Å². The second-order valence-electron chi connectivity index (χ2n) is 3.79. The molecule has 0 bridgehead atoms. The highest BCUT2D eigenvalue weighted by molar-refractivity contribution is 7.11. The normalized spacial score (nSPS) is 10.5. The summed E-state index contributed by atoms with van der Waals surface area (Å²) in [6.07, 6.45) is 0.927. The zero-order valence-corrected chi connectivity index (χ0v) is 11.2. The lowest BCUT2D eigenvalue weighted by Gasteiger charge is -2.01. The minimum atomic E-state index is 0.489. The maximum atomic E-state index is 5.62. The number of benzene rings is 1. The van der Waals surface area contributed by atoms with Crippen LogP contribution in [0.5, 0.6) is 5.75 Å². The Bertz CT molecular complexity index is 458. The molecule has 0 radical (unpaired) electrons. The van der Waals surface area contributed by atoms with E-state index >= 15 is 0 Å². The van der Waals surface area contributed by atoms with Crippen molar-refractivity contribution in [2.75, 3.05) is 13.1 Å². The highest BCUT2D eigenvalue weighted by atomic mass is 32.1. The molecule has 0 atom stereocenters. The molecule has 0 saturated carbocycles. The summed E-state index contributed by atoms with van der Waals surface area (Å²) < 4.78 is 5.62. The summed E-state index contributed by atoms with van der Waals surface area (Å²) in [6, 6.07) is 9.76. The molecule has 0 spiro atoms. The number of aromatic nitrogens is 2. The SMILES string of the molecule is CCNCCc1nnc(COc2ccccc2)s1. The summed E-state index contributed by atoms with van der Waals surface area (Å²) >= 11 is 1.62. The largest absolute Gasteiger partial charge is 0.486 e. The van der Waals surface area contributed by atoms with Crippen LogP contribution in [0.4, 0.5) is 0 Å². The van der Waals surface area contributed by atoms with Crippen molar-refractivity contribution in [1.82, 2.24) is 15.5 Å². The highest BCUT2D eigenvalue weighted by Crippen LogP contribution is 2.14. The van der Waals surface area contributed by atoms with E-state index in [9.17, 15) is 0 Å². The molecule has 0 unspecified atom stereocenters. The second kappa shape index (κ2) is 7.08. The molecule has 2 aromatic rings. The van der Waals surface area contributed by atoms with Gasteiger partial charge in [0.15, 0.2) is 5.01 Å². The van der Waals surface area contributed by atoms with E-state index in [1.165, 1.54) is 0 Å². The molecule has 0 fully saturated rings. The molecule has 0 aliphatic rings. The van der Waals surface area contributed by atoms with Gasteiger partial charge in [-0.05, 0) is 18.7 Å². The van der Waals surface area contributed by atoms with Gasteiger partial charge in [0.2, 0.25) is 0 Å². The van der Waals surface area contributed by atoms with Gasteiger partial charge in [-0.25, -0.2) is 0 Å². The van der Waals surface area contributed by atoms with E-state index in [1.807, 2.05) is 30.3 Å². The Morgan fingerprint density at radius 3 is 2.72 bits per heavy atom. The fourth-order valence-corrected chi connectivity index (χ4v) is 2.24. The minimum Gasteiger partial charge on any atom is -0.486 e. The first-order chi connectivity index (χ1) is 8.88. The van der Waals surface area contributed by atoms with Crippen LogP contribution in [-0.2, 0) is 13.0 Å². The zero-order valence-electron chi connectivity index (χ0n) is 10.4. The van der Waals surface area contributed by atoms with Crippen LogP contribution in [0.3, 0.4) is 0 Å². The third-order valence-corrected chi connectivity index (χ3v) is 3.34. The van der Waals surface area contributed by atoms with Gasteiger partial charge in [-0.2, -0.15) is 0 Å². The molecule has 2 rings (SSSR count). The van der Waals surface area contributed by atoms with Gasteiger partial charge in [0.05, 0.1) is 0 Å². The molecule has 0 aliphatic heterocycles. The van der Waals surface area contributed by atoms with Gasteiger partial charge in [-0.15, -0.1) is 10.2 Å². The van der Waals surface area contributed by atoms with Crippen molar-refractivity contribution in [2.45, 2.75) is 20.0 Å². The number of para-hydroxylation sites is 1. The Morgan fingerprint density at radius 2 is 1.94 bits per heavy atom. The fourth-order valence-electron chi connectivity index (χ4n) is 1.48. The Labute approximate surface area is 111 Å². The average Bonchev–Trinajstić information content (AvgIpc) is 2.86. The zero-order chi connectivity index (χ0) is 12.6. The lowest BCUT2D eigenvalue weighted by Crippen LogP contribution is -2.15. The Hall–Kier alpha value is -1.46. The quantitative estimate of drug-likeness (QED) is 0.778. The molecular formula is C13H17N3OS. The Morgan fingerprint density at radius 1 is 1.17 bits per heavy atom. The van der Waals surface area contributed by atoms with Gasteiger partial charge in [0.1, 0.15) is 17.4 Å². The summed E-state index contributed by atoms with van der Waals surface area (Å²) in [5.41, 5.74) is 0. The standard InChI is InChI=1S/C13H17N3OS/c1-2-14-9-8-12-15-16-13(18-12)10-17-11-6-4-3-5-7-11/h3-7,14H,2,8-10H2,1H3. The predicted octanol–water partition coefficient (Wildman–Crippen LogP) is 2.27. The van der Waals surface area contributed by atoms with E-state index in [2.05, 4.69) is 22.4 Å². The van der Waals surface area contributed by atoms with E-state index in [4.69, 9.17) is 4.74 Å². The number of nitrogens with one attached hydrogen (secondary N) is 1. The fraction of sp³-hybridized carbons (Fsp3) is 0.385. The Kier molecular flexibility index (Phi) is 5.11. The van der Waals surface area contributed by atoms with Gasteiger partial charge < -0.3 is 10.1 Å². The van der Waals surface area contributed by atoms with Crippen molar-refractivity contribution in [2.24, 2.45) is 0 Å². The summed E-state index contributed by atoms with van der Waals surface area (Å²) in [5, 5.41) is 13.5. The number of hydrogen-bond acceptors (Lipinski definition) is 5. The van der Waals surface area contributed by atoms with Crippen LogP contribution in [0, 0.1) is 0 Å². The maximum absolute atomic E-state index is 5.62. The Balaban J connectivity index is 1.80. The van der Waals surface area contributed by atoms with Crippen molar-refractivity contribution >= 4 is 11.3 Å². The van der Waals surface area contributed by atoms with Crippen LogP contribution in [0.25, 0.3) is 0 Å². The average molecular weight is 263 g/mol. The first kappa shape index (κ1) is 13.0.